The number of nitrogens with one attached hydrogen (secondary N) is 1. The van der Waals surface area contributed by atoms with Crippen molar-refractivity contribution >= 4 is 23.5 Å². The van der Waals surface area contributed by atoms with Crippen LogP contribution in [-0.2, 0) is 11.3 Å². The highest BCUT2D eigenvalue weighted by Crippen LogP contribution is 2.24. The van der Waals surface area contributed by atoms with Crippen molar-refractivity contribution in [1.82, 2.24) is 19.9 Å². The monoisotopic (exact) mass is 399 g/mol. The van der Waals surface area contributed by atoms with Crippen LogP contribution >= 0.6 is 0 Å². The molecule has 1 aliphatic rings. The van der Waals surface area contributed by atoms with Crippen molar-refractivity contribution in [1.29, 1.82) is 0 Å². The van der Waals surface area contributed by atoms with E-state index in [2.05, 4.69) is 29.5 Å². The summed E-state index contributed by atoms with van der Waals surface area (Å²) >= 11 is 0. The fourth-order valence-electron chi connectivity index (χ4n) is 3.71. The molecule has 2 heterocycles. The normalized spacial score (nSPS) is 19.1. The topological polar surface area (TPSA) is 117 Å². The van der Waals surface area contributed by atoms with Crippen molar-refractivity contribution in [3.8, 4) is 0 Å². The first kappa shape index (κ1) is 20.5. The Morgan fingerprint density at radius 3 is 2.52 bits per heavy atom. The number of carboxylic acid groups (broad SMARTS) is 1. The number of benzene rings is 1. The van der Waals surface area contributed by atoms with E-state index in [0.717, 1.165) is 29.8 Å². The highest BCUT2D eigenvalue weighted by Gasteiger charge is 2.26. The van der Waals surface area contributed by atoms with E-state index in [0.29, 0.717) is 23.1 Å². The van der Waals surface area contributed by atoms with Crippen LogP contribution in [0.2, 0.25) is 0 Å². The molecule has 0 saturated carbocycles. The third-order valence-corrected chi connectivity index (χ3v) is 4.98. The summed E-state index contributed by atoms with van der Waals surface area (Å²) in [5.74, 6) is -0.711. The number of carboxylic acids is 1. The summed E-state index contributed by atoms with van der Waals surface area (Å²) in [4.78, 5) is 38.0. The second-order valence-electron chi connectivity index (χ2n) is 7.84. The van der Waals surface area contributed by atoms with Crippen LogP contribution in [0.4, 0.5) is 5.69 Å². The molecular weight excluding hydrogens is 374 g/mol. The lowest BCUT2D eigenvalue weighted by atomic mass is 9.91. The van der Waals surface area contributed by atoms with Crippen molar-refractivity contribution in [2.24, 2.45) is 11.8 Å². The first-order chi connectivity index (χ1) is 13.7. The van der Waals surface area contributed by atoms with E-state index >= 15 is 0 Å². The maximum atomic E-state index is 12.9. The zero-order valence-corrected chi connectivity index (χ0v) is 16.8. The summed E-state index contributed by atoms with van der Waals surface area (Å²) in [6, 6.07) is 5.26. The van der Waals surface area contributed by atoms with E-state index in [1.165, 1.54) is 6.20 Å². The van der Waals surface area contributed by atoms with E-state index in [1.54, 1.807) is 18.2 Å². The van der Waals surface area contributed by atoms with Gasteiger partial charge >= 0.3 is 5.97 Å². The van der Waals surface area contributed by atoms with Crippen LogP contribution in [0.15, 0.2) is 24.4 Å². The Labute approximate surface area is 168 Å². The molecule has 1 aromatic carbocycles. The molecule has 9 heteroatoms. The lowest BCUT2D eigenvalue weighted by Crippen LogP contribution is -2.42. The Balaban J connectivity index is 1.70. The summed E-state index contributed by atoms with van der Waals surface area (Å²) in [6.45, 7) is 7.42. The number of rotatable bonds is 5. The van der Waals surface area contributed by atoms with Gasteiger partial charge in [-0.1, -0.05) is 25.1 Å². The summed E-state index contributed by atoms with van der Waals surface area (Å²) in [5, 5.41) is 18.7. The van der Waals surface area contributed by atoms with Gasteiger partial charge in [-0.3, -0.25) is 9.59 Å². The van der Waals surface area contributed by atoms with Crippen LogP contribution < -0.4 is 5.32 Å². The van der Waals surface area contributed by atoms with Crippen molar-refractivity contribution in [2.45, 2.75) is 33.7 Å². The molecule has 0 aliphatic carbocycles. The zero-order chi connectivity index (χ0) is 21.1. The number of hydrogen-bond acceptors (Lipinski definition) is 5. The molecule has 3 rings (SSSR count). The van der Waals surface area contributed by atoms with Gasteiger partial charge in [0.25, 0.3) is 5.91 Å². The van der Waals surface area contributed by atoms with E-state index in [9.17, 15) is 14.4 Å². The lowest BCUT2D eigenvalue weighted by molar-refractivity contribution is -0.116. The molecule has 2 aromatic rings. The van der Waals surface area contributed by atoms with Crippen LogP contribution in [-0.4, -0.2) is 55.9 Å². The zero-order valence-electron chi connectivity index (χ0n) is 16.8. The number of aryl methyl sites for hydroxylation is 1. The number of hydrogen-bond donors (Lipinski definition) is 2. The highest BCUT2D eigenvalue weighted by molar-refractivity contribution is 5.97. The molecule has 1 aliphatic heterocycles. The number of aromatic carboxylic acids is 1. The van der Waals surface area contributed by atoms with E-state index in [4.69, 9.17) is 5.11 Å². The SMILES string of the molecule is Cc1ccc(C(=O)N2CC(C)CC(C)C2)cc1NC(=O)Cn1cc(C(=O)O)nn1. The van der Waals surface area contributed by atoms with Crippen molar-refractivity contribution in [3.05, 3.63) is 41.2 Å². The molecule has 0 spiro atoms. The predicted octanol–water partition coefficient (Wildman–Crippen LogP) is 2.04. The minimum atomic E-state index is -1.21. The molecule has 2 amide bonds. The Morgan fingerprint density at radius 2 is 1.90 bits per heavy atom. The first-order valence-electron chi connectivity index (χ1n) is 9.56. The van der Waals surface area contributed by atoms with Crippen molar-refractivity contribution < 1.29 is 19.5 Å². The molecule has 1 fully saturated rings. The maximum absolute atomic E-state index is 12.9. The number of nitrogens with zero attached hydrogens (tertiary/aromatic N) is 4. The van der Waals surface area contributed by atoms with Gasteiger partial charge in [0.05, 0.1) is 6.20 Å². The van der Waals surface area contributed by atoms with E-state index in [1.807, 2.05) is 11.8 Å². The summed E-state index contributed by atoms with van der Waals surface area (Å²) in [6.07, 6.45) is 2.30. The first-order valence-corrected chi connectivity index (χ1v) is 9.56. The molecule has 1 saturated heterocycles. The number of carbonyl (C=O) groups excluding carboxylic acids is 2. The van der Waals surface area contributed by atoms with Crippen LogP contribution in [0.25, 0.3) is 0 Å². The summed E-state index contributed by atoms with van der Waals surface area (Å²) in [7, 11) is 0. The molecular formula is C20H25N5O4. The van der Waals surface area contributed by atoms with Gasteiger partial charge in [-0.25, -0.2) is 9.48 Å². The minimum Gasteiger partial charge on any atom is -0.476 e. The van der Waals surface area contributed by atoms with Crippen LogP contribution in [0, 0.1) is 18.8 Å². The Hall–Kier alpha value is -3.23. The molecule has 2 N–H and O–H groups in total. The number of amides is 2. The van der Waals surface area contributed by atoms with Crippen molar-refractivity contribution in [3.63, 3.8) is 0 Å². The fourth-order valence-corrected chi connectivity index (χ4v) is 3.71. The molecule has 0 radical (unpaired) electrons. The number of anilines is 1. The second kappa shape index (κ2) is 8.42. The second-order valence-corrected chi connectivity index (χ2v) is 7.84. The predicted molar refractivity (Wildman–Crippen MR) is 106 cm³/mol. The number of carbonyl (C=O) groups is 3. The average molecular weight is 399 g/mol. The molecule has 2 atom stereocenters. The van der Waals surface area contributed by atoms with Gasteiger partial charge in [0, 0.05) is 24.3 Å². The van der Waals surface area contributed by atoms with Gasteiger partial charge in [0.15, 0.2) is 5.69 Å². The smallest absolute Gasteiger partial charge is 0.358 e. The third-order valence-electron chi connectivity index (χ3n) is 4.98. The van der Waals surface area contributed by atoms with E-state index in [-0.39, 0.29) is 24.1 Å². The van der Waals surface area contributed by atoms with Gasteiger partial charge in [0.1, 0.15) is 6.54 Å². The lowest BCUT2D eigenvalue weighted by Gasteiger charge is -2.35. The highest BCUT2D eigenvalue weighted by atomic mass is 16.4. The molecule has 2 unspecified atom stereocenters. The standard InChI is InChI=1S/C20H25N5O4/c1-12-6-13(2)9-24(8-12)19(27)15-5-4-14(3)16(7-15)21-18(26)11-25-10-17(20(28)29)22-23-25/h4-5,7,10,12-13H,6,8-9,11H2,1-3H3,(H,21,26)(H,28,29). The Kier molecular flexibility index (Phi) is 5.95. The molecule has 0 bridgehead atoms. The van der Waals surface area contributed by atoms with Crippen molar-refractivity contribution in [2.75, 3.05) is 18.4 Å². The summed E-state index contributed by atoms with van der Waals surface area (Å²) < 4.78 is 1.15. The number of likely N-dealkylation sites (tertiary alicyclic amines) is 1. The van der Waals surface area contributed by atoms with E-state index < -0.39 is 5.97 Å². The van der Waals surface area contributed by atoms with Crippen LogP contribution in [0.3, 0.4) is 0 Å². The average Bonchev–Trinajstić information content (AvgIpc) is 3.11. The van der Waals surface area contributed by atoms with Gasteiger partial charge in [-0.2, -0.15) is 0 Å². The number of piperidine rings is 1. The third kappa shape index (κ3) is 4.98. The molecule has 9 nitrogen and oxygen atoms in total. The summed E-state index contributed by atoms with van der Waals surface area (Å²) in [5.41, 5.74) is 1.66. The fraction of sp³-hybridized carbons (Fsp3) is 0.450. The Bertz CT molecular complexity index is 929. The molecule has 1 aromatic heterocycles. The van der Waals surface area contributed by atoms with Gasteiger partial charge in [0.2, 0.25) is 5.91 Å². The van der Waals surface area contributed by atoms with Crippen LogP contribution in [0.5, 0.6) is 0 Å². The molecule has 154 valence electrons. The largest absolute Gasteiger partial charge is 0.476 e. The number of aromatic nitrogens is 3. The van der Waals surface area contributed by atoms with Gasteiger partial charge in [-0.05, 0) is 42.9 Å². The quantitative estimate of drug-likeness (QED) is 0.794. The Morgan fingerprint density at radius 1 is 1.21 bits per heavy atom. The van der Waals surface area contributed by atoms with Gasteiger partial charge in [-0.15, -0.1) is 5.10 Å². The van der Waals surface area contributed by atoms with Crippen LogP contribution in [0.1, 0.15) is 46.7 Å². The maximum Gasteiger partial charge on any atom is 0.358 e. The minimum absolute atomic E-state index is 0.0405. The van der Waals surface area contributed by atoms with Gasteiger partial charge < -0.3 is 15.3 Å². The molecule has 29 heavy (non-hydrogen) atoms.